The lowest BCUT2D eigenvalue weighted by Crippen LogP contribution is -2.31. The molecule has 0 N–H and O–H groups in total. The van der Waals surface area contributed by atoms with Gasteiger partial charge in [-0.15, -0.1) is 0 Å². The summed E-state index contributed by atoms with van der Waals surface area (Å²) in [5.41, 5.74) is 1.38. The van der Waals surface area contributed by atoms with Crippen LogP contribution in [0.3, 0.4) is 0 Å². The van der Waals surface area contributed by atoms with E-state index in [-0.39, 0.29) is 6.09 Å². The zero-order valence-electron chi connectivity index (χ0n) is 12.3. The molecule has 4 heteroatoms. The molecule has 1 saturated carbocycles. The zero-order valence-corrected chi connectivity index (χ0v) is 13.2. The minimum absolute atomic E-state index is 0.162. The summed E-state index contributed by atoms with van der Waals surface area (Å²) in [5, 5.41) is 0. The van der Waals surface area contributed by atoms with Gasteiger partial charge in [0.2, 0.25) is 0 Å². The molecule has 2 fully saturated rings. The minimum Gasteiger partial charge on any atom is -0.445 e. The molecule has 2 atom stereocenters. The van der Waals surface area contributed by atoms with Crippen LogP contribution in [0.25, 0.3) is 0 Å². The van der Waals surface area contributed by atoms with Crippen molar-refractivity contribution in [2.24, 2.45) is 11.3 Å². The van der Waals surface area contributed by atoms with E-state index in [1.165, 1.54) is 19.3 Å². The number of ether oxygens (including phenoxy) is 1. The van der Waals surface area contributed by atoms with Gasteiger partial charge in [0, 0.05) is 13.1 Å². The predicted octanol–water partition coefficient (Wildman–Crippen LogP) is 3.75. The second-order valence-corrected chi connectivity index (χ2v) is 6.87. The van der Waals surface area contributed by atoms with E-state index in [9.17, 15) is 4.79 Å². The lowest BCUT2D eigenvalue weighted by Gasteiger charge is -2.23. The highest BCUT2D eigenvalue weighted by molar-refractivity contribution is 7.80. The predicted molar refractivity (Wildman–Crippen MR) is 86.4 cm³/mol. The standard InChI is InChI=1S/C17H23NO2S/c19-16(20-11-14-4-2-1-3-5-14)18-9-8-17(13-18)7-6-15(10-17)12-21/h1-5,15,21H,6-13H2. The number of amides is 1. The molecule has 2 unspecified atom stereocenters. The number of thiol groups is 1. The van der Waals surface area contributed by atoms with Crippen LogP contribution in [0.5, 0.6) is 0 Å². The Balaban J connectivity index is 1.51. The van der Waals surface area contributed by atoms with Crippen molar-refractivity contribution in [3.63, 3.8) is 0 Å². The molecule has 1 amide bonds. The SMILES string of the molecule is O=C(OCc1ccccc1)N1CCC2(CCC(CS)C2)C1. The summed E-state index contributed by atoms with van der Waals surface area (Å²) in [6.45, 7) is 2.07. The quantitative estimate of drug-likeness (QED) is 0.862. The highest BCUT2D eigenvalue weighted by atomic mass is 32.1. The molecule has 1 aliphatic carbocycles. The molecule has 3 rings (SSSR count). The van der Waals surface area contributed by atoms with Crippen molar-refractivity contribution in [3.05, 3.63) is 35.9 Å². The topological polar surface area (TPSA) is 29.5 Å². The van der Waals surface area contributed by atoms with Gasteiger partial charge in [-0.25, -0.2) is 4.79 Å². The molecule has 114 valence electrons. The van der Waals surface area contributed by atoms with Crippen LogP contribution in [-0.2, 0) is 11.3 Å². The Morgan fingerprint density at radius 3 is 2.86 bits per heavy atom. The van der Waals surface area contributed by atoms with Gasteiger partial charge in [0.15, 0.2) is 0 Å². The first-order valence-electron chi connectivity index (χ1n) is 7.77. The van der Waals surface area contributed by atoms with Gasteiger partial charge in [-0.05, 0) is 48.3 Å². The largest absolute Gasteiger partial charge is 0.445 e. The van der Waals surface area contributed by atoms with E-state index in [0.29, 0.717) is 12.0 Å². The molecule has 21 heavy (non-hydrogen) atoms. The smallest absolute Gasteiger partial charge is 0.410 e. The van der Waals surface area contributed by atoms with Gasteiger partial charge in [0.1, 0.15) is 6.61 Å². The molecule has 0 aromatic heterocycles. The Hall–Kier alpha value is -1.16. The first-order valence-corrected chi connectivity index (χ1v) is 8.40. The van der Waals surface area contributed by atoms with E-state index in [1.54, 1.807) is 0 Å². The highest BCUT2D eigenvalue weighted by Crippen LogP contribution is 2.48. The second-order valence-electron chi connectivity index (χ2n) is 6.50. The number of rotatable bonds is 3. The van der Waals surface area contributed by atoms with E-state index in [2.05, 4.69) is 12.6 Å². The summed E-state index contributed by atoms with van der Waals surface area (Å²) in [4.78, 5) is 14.1. The zero-order chi connectivity index (χ0) is 14.7. The van der Waals surface area contributed by atoms with Crippen molar-refractivity contribution < 1.29 is 9.53 Å². The number of carbonyl (C=O) groups excluding carboxylic acids is 1. The van der Waals surface area contributed by atoms with E-state index in [0.717, 1.165) is 36.7 Å². The molecule has 1 aromatic carbocycles. The molecule has 2 aliphatic rings. The lowest BCUT2D eigenvalue weighted by molar-refractivity contribution is 0.0995. The van der Waals surface area contributed by atoms with Crippen molar-refractivity contribution in [2.45, 2.75) is 32.3 Å². The third kappa shape index (κ3) is 3.37. The molecular weight excluding hydrogens is 282 g/mol. The molecule has 3 nitrogen and oxygen atoms in total. The molecule has 0 bridgehead atoms. The van der Waals surface area contributed by atoms with Crippen LogP contribution < -0.4 is 0 Å². The maximum absolute atomic E-state index is 12.2. The number of benzene rings is 1. The van der Waals surface area contributed by atoms with Gasteiger partial charge < -0.3 is 9.64 Å². The molecular formula is C17H23NO2S. The molecule has 1 aliphatic heterocycles. The second kappa shape index (κ2) is 6.30. The van der Waals surface area contributed by atoms with Crippen LogP contribution in [0, 0.1) is 11.3 Å². The van der Waals surface area contributed by atoms with Crippen LogP contribution in [0.2, 0.25) is 0 Å². The van der Waals surface area contributed by atoms with Crippen LogP contribution in [0.1, 0.15) is 31.2 Å². The fourth-order valence-electron chi connectivity index (χ4n) is 3.75. The Bertz CT molecular complexity index is 493. The van der Waals surface area contributed by atoms with Crippen molar-refractivity contribution in [3.8, 4) is 0 Å². The fraction of sp³-hybridized carbons (Fsp3) is 0.588. The van der Waals surface area contributed by atoms with Gasteiger partial charge in [0.25, 0.3) is 0 Å². The summed E-state index contributed by atoms with van der Waals surface area (Å²) in [7, 11) is 0. The highest BCUT2D eigenvalue weighted by Gasteiger charge is 2.45. The maximum atomic E-state index is 12.2. The third-order valence-electron chi connectivity index (χ3n) is 4.96. The Labute approximate surface area is 132 Å². The lowest BCUT2D eigenvalue weighted by atomic mass is 9.85. The van der Waals surface area contributed by atoms with E-state index in [1.807, 2.05) is 35.2 Å². The monoisotopic (exact) mass is 305 g/mol. The van der Waals surface area contributed by atoms with E-state index >= 15 is 0 Å². The molecule has 0 radical (unpaired) electrons. The summed E-state index contributed by atoms with van der Waals surface area (Å²) in [6, 6.07) is 9.85. The van der Waals surface area contributed by atoms with Crippen LogP contribution >= 0.6 is 12.6 Å². The van der Waals surface area contributed by atoms with Gasteiger partial charge >= 0.3 is 6.09 Å². The normalized spacial score (nSPS) is 28.2. The van der Waals surface area contributed by atoms with Crippen LogP contribution in [0.15, 0.2) is 30.3 Å². The van der Waals surface area contributed by atoms with Crippen molar-refractivity contribution in [1.29, 1.82) is 0 Å². The van der Waals surface area contributed by atoms with Crippen LogP contribution in [-0.4, -0.2) is 29.8 Å². The van der Waals surface area contributed by atoms with Crippen molar-refractivity contribution >= 4 is 18.7 Å². The van der Waals surface area contributed by atoms with Crippen molar-refractivity contribution in [2.75, 3.05) is 18.8 Å². The number of carbonyl (C=O) groups is 1. The molecule has 1 saturated heterocycles. The van der Waals surface area contributed by atoms with Crippen molar-refractivity contribution in [1.82, 2.24) is 4.90 Å². The average Bonchev–Trinajstić information content (AvgIpc) is 3.13. The van der Waals surface area contributed by atoms with Crippen LogP contribution in [0.4, 0.5) is 4.79 Å². The molecule has 1 spiro atoms. The third-order valence-corrected chi connectivity index (χ3v) is 5.48. The summed E-state index contributed by atoms with van der Waals surface area (Å²) in [6.07, 6.45) is 4.68. The summed E-state index contributed by atoms with van der Waals surface area (Å²) >= 11 is 4.42. The first-order chi connectivity index (χ1) is 10.2. The number of nitrogens with zero attached hydrogens (tertiary/aromatic N) is 1. The minimum atomic E-state index is -0.162. The maximum Gasteiger partial charge on any atom is 0.410 e. The Kier molecular flexibility index (Phi) is 4.43. The number of likely N-dealkylation sites (tertiary alicyclic amines) is 1. The summed E-state index contributed by atoms with van der Waals surface area (Å²) in [5.74, 6) is 1.70. The average molecular weight is 305 g/mol. The summed E-state index contributed by atoms with van der Waals surface area (Å²) < 4.78 is 5.44. The number of hydrogen-bond donors (Lipinski definition) is 1. The Morgan fingerprint density at radius 2 is 2.14 bits per heavy atom. The number of hydrogen-bond acceptors (Lipinski definition) is 3. The Morgan fingerprint density at radius 1 is 1.33 bits per heavy atom. The van der Waals surface area contributed by atoms with E-state index in [4.69, 9.17) is 4.74 Å². The van der Waals surface area contributed by atoms with Gasteiger partial charge in [-0.3, -0.25) is 0 Å². The molecule has 1 aromatic rings. The van der Waals surface area contributed by atoms with E-state index < -0.39 is 0 Å². The van der Waals surface area contributed by atoms with Gasteiger partial charge in [-0.1, -0.05) is 30.3 Å². The fourth-order valence-corrected chi connectivity index (χ4v) is 4.07. The van der Waals surface area contributed by atoms with Gasteiger partial charge in [-0.2, -0.15) is 12.6 Å². The van der Waals surface area contributed by atoms with Gasteiger partial charge in [0.05, 0.1) is 0 Å². The first kappa shape index (κ1) is 14.8. The molecule has 1 heterocycles.